The van der Waals surface area contributed by atoms with Crippen LogP contribution in [0.1, 0.15) is 40.0 Å². The molecule has 0 aromatic heterocycles. The van der Waals surface area contributed by atoms with Gasteiger partial charge in [-0.1, -0.05) is 6.58 Å². The largest absolute Gasteiger partial charge is 0.465 e. The molecule has 2 fully saturated rings. The molecular weight excluding hydrogens is 288 g/mol. The number of hydrogen-bond donors (Lipinski definition) is 0. The van der Waals surface area contributed by atoms with Crippen molar-refractivity contribution < 1.29 is 28.6 Å². The van der Waals surface area contributed by atoms with Gasteiger partial charge in [-0.2, -0.15) is 0 Å². The molecule has 0 aromatic carbocycles. The molecule has 1 saturated heterocycles. The van der Waals surface area contributed by atoms with Crippen molar-refractivity contribution in [1.82, 2.24) is 0 Å². The number of esters is 3. The molecule has 0 N–H and O–H groups in total. The van der Waals surface area contributed by atoms with Crippen molar-refractivity contribution in [3.8, 4) is 0 Å². The Labute approximate surface area is 129 Å². The average molecular weight is 310 g/mol. The fourth-order valence-electron chi connectivity index (χ4n) is 3.33. The standard InChI is InChI=1S/C16H22O6/c1-5-20-13(18)16(14(19)21-6-2)8-7-15(4)11(9-16)10(3)12(17)22-15/h11H,3,5-9H2,1-2,4H3/t11-,15-/m1/s1. The van der Waals surface area contributed by atoms with Crippen LogP contribution in [0.2, 0.25) is 0 Å². The first-order valence-electron chi connectivity index (χ1n) is 7.57. The van der Waals surface area contributed by atoms with Gasteiger partial charge >= 0.3 is 17.9 Å². The average Bonchev–Trinajstić information content (AvgIpc) is 2.69. The van der Waals surface area contributed by atoms with Gasteiger partial charge in [-0.05, 0) is 40.0 Å². The molecule has 1 aliphatic carbocycles. The first-order valence-corrected chi connectivity index (χ1v) is 7.57. The normalized spacial score (nSPS) is 29.5. The summed E-state index contributed by atoms with van der Waals surface area (Å²) in [5.41, 5.74) is -1.79. The first kappa shape index (κ1) is 16.5. The van der Waals surface area contributed by atoms with Gasteiger partial charge in [0.2, 0.25) is 0 Å². The number of rotatable bonds is 4. The molecule has 2 atom stereocenters. The lowest BCUT2D eigenvalue weighted by Gasteiger charge is -2.42. The Balaban J connectivity index is 2.36. The van der Waals surface area contributed by atoms with Gasteiger partial charge in [-0.25, -0.2) is 4.79 Å². The van der Waals surface area contributed by atoms with Crippen molar-refractivity contribution in [2.45, 2.75) is 45.6 Å². The molecule has 0 radical (unpaired) electrons. The van der Waals surface area contributed by atoms with Gasteiger partial charge in [0.1, 0.15) is 5.60 Å². The van der Waals surface area contributed by atoms with Crippen molar-refractivity contribution in [3.05, 3.63) is 12.2 Å². The molecule has 6 heteroatoms. The Morgan fingerprint density at radius 3 is 2.27 bits per heavy atom. The van der Waals surface area contributed by atoms with Crippen molar-refractivity contribution in [1.29, 1.82) is 0 Å². The van der Waals surface area contributed by atoms with E-state index in [0.29, 0.717) is 12.0 Å². The molecule has 122 valence electrons. The molecule has 2 aliphatic rings. The fourth-order valence-corrected chi connectivity index (χ4v) is 3.33. The summed E-state index contributed by atoms with van der Waals surface area (Å²) in [6, 6.07) is 0. The predicted molar refractivity (Wildman–Crippen MR) is 76.7 cm³/mol. The summed E-state index contributed by atoms with van der Waals surface area (Å²) in [4.78, 5) is 36.7. The summed E-state index contributed by atoms with van der Waals surface area (Å²) >= 11 is 0. The van der Waals surface area contributed by atoms with Crippen molar-refractivity contribution in [2.75, 3.05) is 13.2 Å². The van der Waals surface area contributed by atoms with Crippen LogP contribution < -0.4 is 0 Å². The highest BCUT2D eigenvalue weighted by molar-refractivity contribution is 6.01. The number of ether oxygens (including phenoxy) is 3. The minimum atomic E-state index is -1.38. The second kappa shape index (κ2) is 5.74. The Morgan fingerprint density at radius 2 is 1.77 bits per heavy atom. The third-order valence-corrected chi connectivity index (χ3v) is 4.68. The summed E-state index contributed by atoms with van der Waals surface area (Å²) in [5, 5.41) is 0. The molecule has 1 aliphatic heterocycles. The third-order valence-electron chi connectivity index (χ3n) is 4.68. The second-order valence-corrected chi connectivity index (χ2v) is 6.01. The Hall–Kier alpha value is -1.85. The maximum absolute atomic E-state index is 12.4. The van der Waals surface area contributed by atoms with Crippen LogP contribution in [-0.2, 0) is 28.6 Å². The molecule has 0 bridgehead atoms. The number of fused-ring (bicyclic) bond motifs is 1. The molecule has 0 spiro atoms. The number of hydrogen-bond acceptors (Lipinski definition) is 6. The lowest BCUT2D eigenvalue weighted by Crippen LogP contribution is -2.51. The highest BCUT2D eigenvalue weighted by atomic mass is 16.6. The van der Waals surface area contributed by atoms with Crippen LogP contribution in [0.25, 0.3) is 0 Å². The van der Waals surface area contributed by atoms with Crippen LogP contribution in [0.4, 0.5) is 0 Å². The van der Waals surface area contributed by atoms with Gasteiger partial charge in [0.25, 0.3) is 0 Å². The molecule has 22 heavy (non-hydrogen) atoms. The highest BCUT2D eigenvalue weighted by Gasteiger charge is 2.61. The van der Waals surface area contributed by atoms with Crippen LogP contribution in [0.15, 0.2) is 12.2 Å². The van der Waals surface area contributed by atoms with E-state index >= 15 is 0 Å². The van der Waals surface area contributed by atoms with E-state index in [0.717, 1.165) is 0 Å². The maximum Gasteiger partial charge on any atom is 0.334 e. The predicted octanol–water partition coefficient (Wildman–Crippen LogP) is 1.77. The summed E-state index contributed by atoms with van der Waals surface area (Å²) in [6.45, 7) is 9.30. The summed E-state index contributed by atoms with van der Waals surface area (Å²) in [5.74, 6) is -2.04. The quantitative estimate of drug-likeness (QED) is 0.341. The van der Waals surface area contributed by atoms with E-state index in [-0.39, 0.29) is 32.0 Å². The molecule has 0 amide bonds. The van der Waals surface area contributed by atoms with Crippen LogP contribution in [0.3, 0.4) is 0 Å². The highest BCUT2D eigenvalue weighted by Crippen LogP contribution is 2.53. The van der Waals surface area contributed by atoms with Crippen LogP contribution in [0, 0.1) is 11.3 Å². The van der Waals surface area contributed by atoms with Gasteiger partial charge < -0.3 is 14.2 Å². The minimum absolute atomic E-state index is 0.131. The van der Waals surface area contributed by atoms with Gasteiger partial charge in [0.05, 0.1) is 13.2 Å². The molecule has 6 nitrogen and oxygen atoms in total. The zero-order valence-corrected chi connectivity index (χ0v) is 13.3. The van der Waals surface area contributed by atoms with Crippen LogP contribution >= 0.6 is 0 Å². The molecule has 2 rings (SSSR count). The summed E-state index contributed by atoms with van der Waals surface area (Å²) in [7, 11) is 0. The molecule has 1 saturated carbocycles. The third kappa shape index (κ3) is 2.40. The molecule has 1 heterocycles. The van der Waals surface area contributed by atoms with E-state index in [1.165, 1.54) is 0 Å². The van der Waals surface area contributed by atoms with E-state index < -0.39 is 28.9 Å². The summed E-state index contributed by atoms with van der Waals surface area (Å²) < 4.78 is 15.6. The van der Waals surface area contributed by atoms with Crippen LogP contribution in [0.5, 0.6) is 0 Å². The molecular formula is C16H22O6. The number of carbonyl (C=O) groups excluding carboxylic acids is 3. The second-order valence-electron chi connectivity index (χ2n) is 6.01. The van der Waals surface area contributed by atoms with E-state index in [1.807, 2.05) is 6.92 Å². The van der Waals surface area contributed by atoms with E-state index in [9.17, 15) is 14.4 Å². The topological polar surface area (TPSA) is 78.9 Å². The van der Waals surface area contributed by atoms with Crippen LogP contribution in [-0.4, -0.2) is 36.7 Å². The summed E-state index contributed by atoms with van der Waals surface area (Å²) in [6.07, 6.45) is 0.754. The van der Waals surface area contributed by atoms with E-state index in [4.69, 9.17) is 14.2 Å². The fraction of sp³-hybridized carbons (Fsp3) is 0.688. The molecule has 0 aromatic rings. The Kier molecular flexibility index (Phi) is 4.31. The van der Waals surface area contributed by atoms with Gasteiger partial charge in [-0.3, -0.25) is 9.59 Å². The van der Waals surface area contributed by atoms with E-state index in [2.05, 4.69) is 6.58 Å². The van der Waals surface area contributed by atoms with Crippen molar-refractivity contribution in [3.63, 3.8) is 0 Å². The lowest BCUT2D eigenvalue weighted by molar-refractivity contribution is -0.180. The zero-order valence-electron chi connectivity index (χ0n) is 13.3. The zero-order chi connectivity index (χ0) is 16.5. The first-order chi connectivity index (χ1) is 10.3. The monoisotopic (exact) mass is 310 g/mol. The maximum atomic E-state index is 12.4. The lowest BCUT2D eigenvalue weighted by atomic mass is 9.62. The van der Waals surface area contributed by atoms with Crippen molar-refractivity contribution in [2.24, 2.45) is 11.3 Å². The van der Waals surface area contributed by atoms with Gasteiger partial charge in [0, 0.05) is 11.5 Å². The number of carbonyl (C=O) groups is 3. The molecule has 0 unspecified atom stereocenters. The van der Waals surface area contributed by atoms with E-state index in [1.54, 1.807) is 13.8 Å². The van der Waals surface area contributed by atoms with Gasteiger partial charge in [-0.15, -0.1) is 0 Å². The Morgan fingerprint density at radius 1 is 1.23 bits per heavy atom. The SMILES string of the molecule is C=C1C(=O)O[C@]2(C)CCC(C(=O)OCC)(C(=O)OCC)C[C@H]12. The minimum Gasteiger partial charge on any atom is -0.465 e. The smallest absolute Gasteiger partial charge is 0.334 e. The Bertz CT molecular complexity index is 505. The van der Waals surface area contributed by atoms with Gasteiger partial charge in [0.15, 0.2) is 5.41 Å². The van der Waals surface area contributed by atoms with Crippen molar-refractivity contribution >= 4 is 17.9 Å².